The summed E-state index contributed by atoms with van der Waals surface area (Å²) < 4.78 is 5.19. The number of hydrogen-bond acceptors (Lipinski definition) is 3. The third kappa shape index (κ3) is 3.48. The summed E-state index contributed by atoms with van der Waals surface area (Å²) in [5, 5.41) is 3.29. The molecule has 0 atom stereocenters. The van der Waals surface area contributed by atoms with Gasteiger partial charge in [-0.2, -0.15) is 0 Å². The van der Waals surface area contributed by atoms with E-state index in [1.165, 1.54) is 0 Å². The number of benzene rings is 1. The average Bonchev–Trinajstić information content (AvgIpc) is 2.92. The molecule has 1 amide bonds. The van der Waals surface area contributed by atoms with Crippen LogP contribution in [0.1, 0.15) is 11.4 Å². The van der Waals surface area contributed by atoms with Crippen LogP contribution in [0.3, 0.4) is 0 Å². The Morgan fingerprint density at radius 2 is 2.37 bits per heavy atom. The number of carbonyl (C=O) groups excluding carboxylic acids is 1. The maximum Gasteiger partial charge on any atom is 0.224 e. The maximum atomic E-state index is 11.9. The number of nitrogens with zero attached hydrogens (tertiary/aromatic N) is 1. The molecule has 0 aliphatic heterocycles. The Morgan fingerprint density at radius 3 is 3.05 bits per heavy atom. The fourth-order valence-corrected chi connectivity index (χ4v) is 1.93. The molecule has 0 fully saturated rings. The Balaban J connectivity index is 1.99. The van der Waals surface area contributed by atoms with Gasteiger partial charge < -0.3 is 15.0 Å². The number of imidazole rings is 1. The van der Waals surface area contributed by atoms with Gasteiger partial charge in [-0.3, -0.25) is 4.79 Å². The highest BCUT2D eigenvalue weighted by atomic mass is 35.5. The second-order valence-electron chi connectivity index (χ2n) is 3.91. The third-order valence-corrected chi connectivity index (χ3v) is 3.00. The van der Waals surface area contributed by atoms with Gasteiger partial charge in [-0.15, -0.1) is 0 Å². The first-order chi connectivity index (χ1) is 9.20. The van der Waals surface area contributed by atoms with E-state index in [1.807, 2.05) is 0 Å². The first-order valence-corrected chi connectivity index (χ1v) is 6.15. The molecule has 0 saturated heterocycles. The van der Waals surface area contributed by atoms with Crippen molar-refractivity contribution in [2.24, 2.45) is 0 Å². The van der Waals surface area contributed by atoms with Gasteiger partial charge in [0.1, 0.15) is 11.6 Å². The standard InChI is InChI=1S/C13H14ClN3O2/c1-19-11-4-2-3-10(14)9(11)7-13(18)17-8-12-15-5-6-16-12/h2-6H,7-8H2,1H3,(H,15,16)(H,17,18). The monoisotopic (exact) mass is 279 g/mol. The van der Waals surface area contributed by atoms with Crippen LogP contribution in [0.2, 0.25) is 5.02 Å². The lowest BCUT2D eigenvalue weighted by atomic mass is 10.1. The van der Waals surface area contributed by atoms with E-state index in [0.29, 0.717) is 28.7 Å². The summed E-state index contributed by atoms with van der Waals surface area (Å²) in [4.78, 5) is 18.8. The highest BCUT2D eigenvalue weighted by Gasteiger charge is 2.12. The van der Waals surface area contributed by atoms with Crippen LogP contribution in [-0.2, 0) is 17.8 Å². The predicted octanol–water partition coefficient (Wildman–Crippen LogP) is 1.93. The number of rotatable bonds is 5. The molecule has 2 aromatic rings. The van der Waals surface area contributed by atoms with Gasteiger partial charge in [0.2, 0.25) is 5.91 Å². The molecule has 100 valence electrons. The molecular weight excluding hydrogens is 266 g/mol. The number of aromatic amines is 1. The van der Waals surface area contributed by atoms with E-state index >= 15 is 0 Å². The van der Waals surface area contributed by atoms with Crippen LogP contribution in [0.5, 0.6) is 5.75 Å². The molecule has 1 aromatic heterocycles. The van der Waals surface area contributed by atoms with E-state index in [9.17, 15) is 4.79 Å². The van der Waals surface area contributed by atoms with Crippen molar-refractivity contribution in [1.29, 1.82) is 0 Å². The molecule has 0 aliphatic rings. The van der Waals surface area contributed by atoms with Crippen LogP contribution in [0.25, 0.3) is 0 Å². The topological polar surface area (TPSA) is 67.0 Å². The first-order valence-electron chi connectivity index (χ1n) is 5.77. The largest absolute Gasteiger partial charge is 0.496 e. The minimum Gasteiger partial charge on any atom is -0.496 e. The zero-order chi connectivity index (χ0) is 13.7. The SMILES string of the molecule is COc1cccc(Cl)c1CC(=O)NCc1ncc[nH]1. The first kappa shape index (κ1) is 13.4. The van der Waals surface area contributed by atoms with Gasteiger partial charge in [0.25, 0.3) is 0 Å². The lowest BCUT2D eigenvalue weighted by Gasteiger charge is -2.10. The van der Waals surface area contributed by atoms with Crippen LogP contribution in [0, 0.1) is 0 Å². The molecule has 5 nitrogen and oxygen atoms in total. The maximum absolute atomic E-state index is 11.9. The number of nitrogens with one attached hydrogen (secondary N) is 2. The van der Waals surface area contributed by atoms with Gasteiger partial charge in [0, 0.05) is 23.0 Å². The molecule has 1 heterocycles. The van der Waals surface area contributed by atoms with Gasteiger partial charge in [0.05, 0.1) is 20.1 Å². The Hall–Kier alpha value is -2.01. The number of hydrogen-bond donors (Lipinski definition) is 2. The molecule has 0 spiro atoms. The number of aromatic nitrogens is 2. The summed E-state index contributed by atoms with van der Waals surface area (Å²) >= 11 is 6.07. The lowest BCUT2D eigenvalue weighted by molar-refractivity contribution is -0.120. The molecule has 2 N–H and O–H groups in total. The Bertz CT molecular complexity index is 555. The fraction of sp³-hybridized carbons (Fsp3) is 0.231. The third-order valence-electron chi connectivity index (χ3n) is 2.64. The summed E-state index contributed by atoms with van der Waals surface area (Å²) in [5.41, 5.74) is 0.684. The quantitative estimate of drug-likeness (QED) is 0.879. The van der Waals surface area contributed by atoms with Crippen LogP contribution in [-0.4, -0.2) is 23.0 Å². The zero-order valence-electron chi connectivity index (χ0n) is 10.4. The summed E-state index contributed by atoms with van der Waals surface area (Å²) in [6, 6.07) is 5.30. The zero-order valence-corrected chi connectivity index (χ0v) is 11.2. The normalized spacial score (nSPS) is 10.2. The van der Waals surface area contributed by atoms with E-state index < -0.39 is 0 Å². The van der Waals surface area contributed by atoms with E-state index in [1.54, 1.807) is 37.7 Å². The highest BCUT2D eigenvalue weighted by Crippen LogP contribution is 2.26. The van der Waals surface area contributed by atoms with Gasteiger partial charge in [-0.05, 0) is 12.1 Å². The summed E-state index contributed by atoms with van der Waals surface area (Å²) in [6.07, 6.45) is 3.51. The van der Waals surface area contributed by atoms with Gasteiger partial charge >= 0.3 is 0 Å². The summed E-state index contributed by atoms with van der Waals surface area (Å²) in [5.74, 6) is 1.18. The number of halogens is 1. The van der Waals surface area contributed by atoms with E-state index in [4.69, 9.17) is 16.3 Å². The van der Waals surface area contributed by atoms with E-state index in [-0.39, 0.29) is 12.3 Å². The van der Waals surface area contributed by atoms with Crippen molar-refractivity contribution in [2.45, 2.75) is 13.0 Å². The van der Waals surface area contributed by atoms with Crippen LogP contribution >= 0.6 is 11.6 Å². The molecule has 2 rings (SSSR count). The van der Waals surface area contributed by atoms with Gasteiger partial charge in [-0.1, -0.05) is 17.7 Å². The molecule has 0 bridgehead atoms. The predicted molar refractivity (Wildman–Crippen MR) is 72.1 cm³/mol. The van der Waals surface area contributed by atoms with Crippen LogP contribution in [0.15, 0.2) is 30.6 Å². The van der Waals surface area contributed by atoms with Crippen molar-refractivity contribution >= 4 is 17.5 Å². The molecule has 0 radical (unpaired) electrons. The number of carbonyl (C=O) groups is 1. The highest BCUT2D eigenvalue weighted by molar-refractivity contribution is 6.31. The number of H-pyrrole nitrogens is 1. The van der Waals surface area contributed by atoms with Crippen molar-refractivity contribution in [3.8, 4) is 5.75 Å². The molecule has 0 saturated carbocycles. The summed E-state index contributed by atoms with van der Waals surface area (Å²) in [6.45, 7) is 0.360. The summed E-state index contributed by atoms with van der Waals surface area (Å²) in [7, 11) is 1.55. The van der Waals surface area contributed by atoms with E-state index in [2.05, 4.69) is 15.3 Å². The molecule has 0 unspecified atom stereocenters. The smallest absolute Gasteiger partial charge is 0.224 e. The minimum absolute atomic E-state index is 0.136. The lowest BCUT2D eigenvalue weighted by Crippen LogP contribution is -2.25. The second-order valence-corrected chi connectivity index (χ2v) is 4.32. The van der Waals surface area contributed by atoms with Crippen molar-refractivity contribution < 1.29 is 9.53 Å². The van der Waals surface area contributed by atoms with Gasteiger partial charge in [-0.25, -0.2) is 4.98 Å². The molecule has 0 aliphatic carbocycles. The second kappa shape index (κ2) is 6.24. The number of ether oxygens (including phenoxy) is 1. The van der Waals surface area contributed by atoms with Crippen molar-refractivity contribution in [3.63, 3.8) is 0 Å². The van der Waals surface area contributed by atoms with Crippen molar-refractivity contribution in [3.05, 3.63) is 47.0 Å². The minimum atomic E-state index is -0.136. The Morgan fingerprint density at radius 1 is 1.53 bits per heavy atom. The molecule has 1 aromatic carbocycles. The Labute approximate surface area is 116 Å². The molecular formula is C13H14ClN3O2. The van der Waals surface area contributed by atoms with Crippen molar-refractivity contribution in [2.75, 3.05) is 7.11 Å². The number of methoxy groups -OCH3 is 1. The van der Waals surface area contributed by atoms with Crippen molar-refractivity contribution in [1.82, 2.24) is 15.3 Å². The van der Waals surface area contributed by atoms with Gasteiger partial charge in [0.15, 0.2) is 0 Å². The van der Waals surface area contributed by atoms with Crippen LogP contribution < -0.4 is 10.1 Å². The van der Waals surface area contributed by atoms with E-state index in [0.717, 1.165) is 0 Å². The average molecular weight is 280 g/mol. The number of amides is 1. The Kier molecular flexibility index (Phi) is 4.41. The van der Waals surface area contributed by atoms with Crippen LogP contribution in [0.4, 0.5) is 0 Å². The fourth-order valence-electron chi connectivity index (χ4n) is 1.70. The molecule has 19 heavy (non-hydrogen) atoms. The molecule has 6 heteroatoms.